The van der Waals surface area contributed by atoms with Crippen LogP contribution < -0.4 is 0 Å². The van der Waals surface area contributed by atoms with Crippen LogP contribution in [-0.2, 0) is 13.0 Å². The Labute approximate surface area is 74.6 Å². The van der Waals surface area contributed by atoms with E-state index in [-0.39, 0.29) is 0 Å². The third-order valence-corrected chi connectivity index (χ3v) is 1.87. The first-order valence-electron chi connectivity index (χ1n) is 4.68. The number of aryl methyl sites for hydroxylation is 2. The monoisotopic (exact) mass is 165 g/mol. The van der Waals surface area contributed by atoms with E-state index in [0.717, 1.165) is 19.4 Å². The van der Waals surface area contributed by atoms with Crippen LogP contribution in [0.25, 0.3) is 0 Å². The van der Waals surface area contributed by atoms with Crippen molar-refractivity contribution in [2.24, 2.45) is 0 Å². The Balaban J connectivity index is 2.41. The predicted molar refractivity (Wildman–Crippen MR) is 50.8 cm³/mol. The molecular weight excluding hydrogens is 148 g/mol. The number of hydrogen-bond acceptors (Lipinski definition) is 1. The first-order valence-corrected chi connectivity index (χ1v) is 4.68. The molecule has 1 aromatic rings. The third-order valence-electron chi connectivity index (χ3n) is 1.87. The molecule has 0 aliphatic heterocycles. The van der Waals surface area contributed by atoms with Gasteiger partial charge >= 0.3 is 0 Å². The summed E-state index contributed by atoms with van der Waals surface area (Å²) in [5.74, 6) is 0. The second kappa shape index (κ2) is 4.96. The highest BCUT2D eigenvalue weighted by Gasteiger charge is 1.96. The van der Waals surface area contributed by atoms with Gasteiger partial charge in [0.1, 0.15) is 0 Å². The van der Waals surface area contributed by atoms with E-state index in [4.69, 9.17) is 0 Å². The van der Waals surface area contributed by atoms with Crippen molar-refractivity contribution in [3.63, 3.8) is 0 Å². The van der Waals surface area contributed by atoms with E-state index in [2.05, 4.69) is 31.2 Å². The van der Waals surface area contributed by atoms with E-state index in [1.54, 1.807) is 0 Å². The van der Waals surface area contributed by atoms with Crippen molar-refractivity contribution < 1.29 is 0 Å². The Kier molecular flexibility index (Phi) is 3.85. The van der Waals surface area contributed by atoms with E-state index in [0.29, 0.717) is 0 Å². The predicted octanol–water partition coefficient (Wildman–Crippen LogP) is 2.45. The first kappa shape index (κ1) is 9.30. The van der Waals surface area contributed by atoms with Gasteiger partial charge in [0.25, 0.3) is 0 Å². The summed E-state index contributed by atoms with van der Waals surface area (Å²) in [5.41, 5.74) is 1.17. The summed E-state index contributed by atoms with van der Waals surface area (Å²) in [4.78, 5) is 0. The normalized spacial score (nSPS) is 10.5. The Hall–Kier alpha value is -0.790. The van der Waals surface area contributed by atoms with Gasteiger partial charge in [-0.3, -0.25) is 4.68 Å². The fourth-order valence-corrected chi connectivity index (χ4v) is 1.16. The van der Waals surface area contributed by atoms with E-state index in [1.807, 2.05) is 4.68 Å². The van der Waals surface area contributed by atoms with Crippen LogP contribution in [0, 0.1) is 6.92 Å². The molecule has 0 spiro atoms. The summed E-state index contributed by atoms with van der Waals surface area (Å²) in [5, 5.41) is 4.41. The zero-order valence-electron chi connectivity index (χ0n) is 7.79. The molecule has 2 nitrogen and oxygen atoms in total. The van der Waals surface area contributed by atoms with E-state index in [9.17, 15) is 0 Å². The molecule has 1 radical (unpaired) electrons. The quantitative estimate of drug-likeness (QED) is 0.655. The first-order chi connectivity index (χ1) is 5.86. The van der Waals surface area contributed by atoms with Crippen molar-refractivity contribution >= 4 is 0 Å². The van der Waals surface area contributed by atoms with Crippen molar-refractivity contribution in [3.05, 3.63) is 24.9 Å². The minimum Gasteiger partial charge on any atom is -0.272 e. The number of rotatable bonds is 5. The zero-order valence-corrected chi connectivity index (χ0v) is 7.79. The van der Waals surface area contributed by atoms with E-state index in [1.165, 1.54) is 18.5 Å². The zero-order chi connectivity index (χ0) is 8.81. The molecule has 0 unspecified atom stereocenters. The average Bonchev–Trinajstić information content (AvgIpc) is 2.50. The van der Waals surface area contributed by atoms with Crippen molar-refractivity contribution in [1.82, 2.24) is 9.78 Å². The van der Waals surface area contributed by atoms with Gasteiger partial charge < -0.3 is 0 Å². The average molecular weight is 165 g/mol. The second-order valence-corrected chi connectivity index (χ2v) is 3.03. The van der Waals surface area contributed by atoms with Crippen molar-refractivity contribution in [3.8, 4) is 0 Å². The number of nitrogens with zero attached hydrogens (tertiary/aromatic N) is 2. The third kappa shape index (κ3) is 2.68. The molecule has 1 heterocycles. The Morgan fingerprint density at radius 1 is 1.58 bits per heavy atom. The minimum absolute atomic E-state index is 0.935. The standard InChI is InChI=1S/C10H17N2/c1-3-5-8-12-9-7-10(11-12)6-4-2/h7,9H,2-6,8H2,1H3. The summed E-state index contributed by atoms with van der Waals surface area (Å²) < 4.78 is 2.02. The molecule has 1 rings (SSSR count). The van der Waals surface area contributed by atoms with Gasteiger partial charge in [-0.2, -0.15) is 5.10 Å². The largest absolute Gasteiger partial charge is 0.272 e. The van der Waals surface area contributed by atoms with Gasteiger partial charge in [0, 0.05) is 12.7 Å². The van der Waals surface area contributed by atoms with Crippen LogP contribution >= 0.6 is 0 Å². The molecule has 0 aliphatic rings. The molecule has 0 aliphatic carbocycles. The highest BCUT2D eigenvalue weighted by atomic mass is 15.3. The Morgan fingerprint density at radius 2 is 2.42 bits per heavy atom. The molecule has 12 heavy (non-hydrogen) atoms. The Bertz CT molecular complexity index is 215. The molecular formula is C10H17N2. The van der Waals surface area contributed by atoms with Gasteiger partial charge in [0.15, 0.2) is 0 Å². The molecule has 0 fully saturated rings. The van der Waals surface area contributed by atoms with Gasteiger partial charge in [-0.05, 0) is 25.3 Å². The highest BCUT2D eigenvalue weighted by molar-refractivity contribution is 4.98. The Morgan fingerprint density at radius 3 is 3.08 bits per heavy atom. The summed E-state index contributed by atoms with van der Waals surface area (Å²) >= 11 is 0. The number of aromatic nitrogens is 2. The van der Waals surface area contributed by atoms with Crippen molar-refractivity contribution in [2.75, 3.05) is 0 Å². The van der Waals surface area contributed by atoms with Crippen molar-refractivity contribution in [2.45, 2.75) is 39.2 Å². The topological polar surface area (TPSA) is 17.8 Å². The molecule has 0 aromatic carbocycles. The summed E-state index contributed by atoms with van der Waals surface area (Å²) in [6.07, 6.45) is 6.43. The van der Waals surface area contributed by atoms with Crippen LogP contribution in [0.15, 0.2) is 12.3 Å². The number of hydrogen-bond donors (Lipinski definition) is 0. The number of unbranched alkanes of at least 4 members (excludes halogenated alkanes) is 1. The van der Waals surface area contributed by atoms with Crippen LogP contribution in [-0.4, -0.2) is 9.78 Å². The van der Waals surface area contributed by atoms with E-state index >= 15 is 0 Å². The lowest BCUT2D eigenvalue weighted by Gasteiger charge is -1.97. The van der Waals surface area contributed by atoms with Crippen LogP contribution in [0.2, 0.25) is 0 Å². The lowest BCUT2D eigenvalue weighted by Crippen LogP contribution is -1.98. The summed E-state index contributed by atoms with van der Waals surface area (Å²) in [6.45, 7) is 7.05. The highest BCUT2D eigenvalue weighted by Crippen LogP contribution is 2.00. The van der Waals surface area contributed by atoms with Gasteiger partial charge in [-0.25, -0.2) is 0 Å². The molecule has 67 valence electrons. The lowest BCUT2D eigenvalue weighted by molar-refractivity contribution is 0.565. The second-order valence-electron chi connectivity index (χ2n) is 3.03. The van der Waals surface area contributed by atoms with Crippen LogP contribution in [0.5, 0.6) is 0 Å². The molecule has 2 heteroatoms. The molecule has 0 saturated carbocycles. The summed E-state index contributed by atoms with van der Waals surface area (Å²) in [7, 11) is 0. The van der Waals surface area contributed by atoms with Gasteiger partial charge in [-0.1, -0.05) is 20.3 Å². The molecule has 1 aromatic heterocycles. The fourth-order valence-electron chi connectivity index (χ4n) is 1.16. The maximum Gasteiger partial charge on any atom is 0.0624 e. The maximum atomic E-state index is 4.41. The smallest absolute Gasteiger partial charge is 0.0624 e. The minimum atomic E-state index is 0.935. The van der Waals surface area contributed by atoms with Crippen LogP contribution in [0.1, 0.15) is 31.9 Å². The molecule has 0 saturated heterocycles. The van der Waals surface area contributed by atoms with Crippen LogP contribution in [0.3, 0.4) is 0 Å². The molecule has 0 atom stereocenters. The van der Waals surface area contributed by atoms with Crippen molar-refractivity contribution in [1.29, 1.82) is 0 Å². The van der Waals surface area contributed by atoms with Gasteiger partial charge in [-0.15, -0.1) is 0 Å². The molecule has 0 bridgehead atoms. The fraction of sp³-hybridized carbons (Fsp3) is 0.600. The van der Waals surface area contributed by atoms with Gasteiger partial charge in [0.2, 0.25) is 0 Å². The van der Waals surface area contributed by atoms with Crippen LogP contribution in [0.4, 0.5) is 0 Å². The SMILES string of the molecule is [CH2]CCc1ccn(CCCC)n1. The lowest BCUT2D eigenvalue weighted by atomic mass is 10.3. The molecule has 0 amide bonds. The van der Waals surface area contributed by atoms with E-state index < -0.39 is 0 Å². The molecule has 0 N–H and O–H groups in total. The summed E-state index contributed by atoms with van der Waals surface area (Å²) in [6, 6.07) is 2.08. The maximum absolute atomic E-state index is 4.41. The van der Waals surface area contributed by atoms with Gasteiger partial charge in [0.05, 0.1) is 5.69 Å².